The third-order valence-corrected chi connectivity index (χ3v) is 4.11. The van der Waals surface area contributed by atoms with Gasteiger partial charge in [-0.2, -0.15) is 0 Å². The molecule has 0 aromatic rings. The second-order valence-corrected chi connectivity index (χ2v) is 5.60. The monoisotopic (exact) mass is 211 g/mol. The molecule has 1 atom stereocenters. The van der Waals surface area contributed by atoms with Gasteiger partial charge in [0.2, 0.25) is 5.91 Å². The van der Waals surface area contributed by atoms with Crippen molar-refractivity contribution < 1.29 is 9.28 Å². The van der Waals surface area contributed by atoms with Crippen LogP contribution >= 0.6 is 0 Å². The highest BCUT2D eigenvalue weighted by atomic mass is 16.2. The van der Waals surface area contributed by atoms with Crippen LogP contribution in [-0.2, 0) is 4.79 Å². The molecule has 0 aromatic heterocycles. The van der Waals surface area contributed by atoms with Crippen LogP contribution in [0.2, 0.25) is 0 Å². The third kappa shape index (κ3) is 2.33. The van der Waals surface area contributed by atoms with Gasteiger partial charge in [0.25, 0.3) is 0 Å². The molecule has 0 N–H and O–H groups in total. The van der Waals surface area contributed by atoms with E-state index in [1.807, 2.05) is 0 Å². The Hall–Kier alpha value is -0.570. The Kier molecular flexibility index (Phi) is 3.01. The summed E-state index contributed by atoms with van der Waals surface area (Å²) in [5.74, 6) is 0.376. The maximum absolute atomic E-state index is 11.6. The molecule has 0 aromatic carbocycles. The summed E-state index contributed by atoms with van der Waals surface area (Å²) in [4.78, 5) is 13.7. The van der Waals surface area contributed by atoms with Gasteiger partial charge in [0.05, 0.1) is 27.2 Å². The van der Waals surface area contributed by atoms with Crippen molar-refractivity contribution in [3.05, 3.63) is 0 Å². The van der Waals surface area contributed by atoms with Crippen molar-refractivity contribution in [2.24, 2.45) is 0 Å². The Morgan fingerprint density at radius 3 is 2.73 bits per heavy atom. The highest BCUT2D eigenvalue weighted by Crippen LogP contribution is 2.23. The topological polar surface area (TPSA) is 20.3 Å². The first-order chi connectivity index (χ1) is 7.09. The molecular formula is C12H23N2O+. The summed E-state index contributed by atoms with van der Waals surface area (Å²) >= 11 is 0. The van der Waals surface area contributed by atoms with E-state index in [1.54, 1.807) is 0 Å². The maximum atomic E-state index is 11.6. The van der Waals surface area contributed by atoms with Gasteiger partial charge < -0.3 is 9.38 Å². The number of hydrogen-bond acceptors (Lipinski definition) is 1. The number of likely N-dealkylation sites (tertiary alicyclic amines) is 2. The molecule has 0 saturated carbocycles. The molecule has 0 spiro atoms. The largest absolute Gasteiger partial charge is 0.337 e. The molecule has 2 rings (SSSR count). The average molecular weight is 211 g/mol. The second kappa shape index (κ2) is 4.12. The molecule has 2 aliphatic heterocycles. The van der Waals surface area contributed by atoms with Crippen molar-refractivity contribution in [2.45, 2.75) is 38.1 Å². The molecule has 2 saturated heterocycles. The fourth-order valence-electron chi connectivity index (χ4n) is 2.90. The first kappa shape index (κ1) is 10.9. The van der Waals surface area contributed by atoms with E-state index in [-0.39, 0.29) is 0 Å². The van der Waals surface area contributed by atoms with Gasteiger partial charge in [0, 0.05) is 19.4 Å². The van der Waals surface area contributed by atoms with E-state index in [4.69, 9.17) is 0 Å². The fourth-order valence-corrected chi connectivity index (χ4v) is 2.90. The smallest absolute Gasteiger partial charge is 0.222 e. The van der Waals surface area contributed by atoms with E-state index >= 15 is 0 Å². The molecule has 0 bridgehead atoms. The number of likely N-dealkylation sites (N-methyl/N-ethyl adjacent to an activating group) is 1. The lowest BCUT2D eigenvalue weighted by Gasteiger charge is -2.43. The molecule has 3 heteroatoms. The lowest BCUT2D eigenvalue weighted by atomic mass is 10.00. The van der Waals surface area contributed by atoms with Gasteiger partial charge >= 0.3 is 0 Å². The van der Waals surface area contributed by atoms with Gasteiger partial charge in [0.15, 0.2) is 0 Å². The van der Waals surface area contributed by atoms with Crippen molar-refractivity contribution in [3.63, 3.8) is 0 Å². The minimum Gasteiger partial charge on any atom is -0.337 e. The van der Waals surface area contributed by atoms with E-state index in [0.29, 0.717) is 11.9 Å². The normalized spacial score (nSPS) is 30.9. The van der Waals surface area contributed by atoms with Gasteiger partial charge in [-0.3, -0.25) is 4.79 Å². The molecule has 15 heavy (non-hydrogen) atoms. The van der Waals surface area contributed by atoms with Crippen molar-refractivity contribution in [3.8, 4) is 0 Å². The van der Waals surface area contributed by atoms with Crippen molar-refractivity contribution >= 4 is 5.91 Å². The molecule has 3 nitrogen and oxygen atoms in total. The summed E-state index contributed by atoms with van der Waals surface area (Å²) in [5, 5.41) is 0. The predicted molar refractivity (Wildman–Crippen MR) is 60.4 cm³/mol. The Morgan fingerprint density at radius 1 is 1.33 bits per heavy atom. The number of amides is 1. The molecule has 2 aliphatic rings. The van der Waals surface area contributed by atoms with Crippen LogP contribution in [0.4, 0.5) is 0 Å². The van der Waals surface area contributed by atoms with Crippen molar-refractivity contribution in [2.75, 3.05) is 33.7 Å². The Bertz CT molecular complexity index is 250. The molecule has 0 radical (unpaired) electrons. The first-order valence-corrected chi connectivity index (χ1v) is 6.20. The first-order valence-electron chi connectivity index (χ1n) is 6.20. The Morgan fingerprint density at radius 2 is 2.13 bits per heavy atom. The van der Waals surface area contributed by atoms with Gasteiger partial charge in [-0.1, -0.05) is 0 Å². The van der Waals surface area contributed by atoms with E-state index in [1.165, 1.54) is 25.8 Å². The summed E-state index contributed by atoms with van der Waals surface area (Å²) in [6.07, 6.45) is 5.82. The minimum atomic E-state index is 0.376. The summed E-state index contributed by atoms with van der Waals surface area (Å²) in [5.41, 5.74) is 0. The minimum absolute atomic E-state index is 0.376. The fraction of sp³-hybridized carbons (Fsp3) is 0.917. The van der Waals surface area contributed by atoms with Crippen molar-refractivity contribution in [1.29, 1.82) is 0 Å². The third-order valence-electron chi connectivity index (χ3n) is 4.11. The Labute approximate surface area is 92.6 Å². The van der Waals surface area contributed by atoms with Gasteiger partial charge in [0.1, 0.15) is 6.04 Å². The summed E-state index contributed by atoms with van der Waals surface area (Å²) in [7, 11) is 4.62. The van der Waals surface area contributed by atoms with Crippen LogP contribution in [0.3, 0.4) is 0 Å². The van der Waals surface area contributed by atoms with Gasteiger partial charge in [-0.15, -0.1) is 0 Å². The Balaban J connectivity index is 1.94. The van der Waals surface area contributed by atoms with Crippen LogP contribution in [-0.4, -0.2) is 55.1 Å². The molecule has 2 heterocycles. The summed E-state index contributed by atoms with van der Waals surface area (Å²) in [6, 6.07) is 0.667. The van der Waals surface area contributed by atoms with Crippen LogP contribution in [0.5, 0.6) is 0 Å². The molecule has 0 unspecified atom stereocenters. The van der Waals surface area contributed by atoms with E-state index < -0.39 is 0 Å². The molecule has 86 valence electrons. The van der Waals surface area contributed by atoms with Crippen LogP contribution in [0.25, 0.3) is 0 Å². The summed E-state index contributed by atoms with van der Waals surface area (Å²) < 4.78 is 1.10. The lowest BCUT2D eigenvalue weighted by Crippen LogP contribution is -2.56. The van der Waals surface area contributed by atoms with Gasteiger partial charge in [-0.05, 0) is 19.3 Å². The average Bonchev–Trinajstić information content (AvgIpc) is 2.56. The molecule has 1 amide bonds. The highest BCUT2D eigenvalue weighted by Gasteiger charge is 2.34. The van der Waals surface area contributed by atoms with E-state index in [0.717, 1.165) is 30.4 Å². The lowest BCUT2D eigenvalue weighted by molar-refractivity contribution is -0.919. The zero-order chi connectivity index (χ0) is 10.9. The van der Waals surface area contributed by atoms with Gasteiger partial charge in [-0.25, -0.2) is 0 Å². The molecule has 0 aliphatic carbocycles. The predicted octanol–water partition coefficient (Wildman–Crippen LogP) is 1.24. The van der Waals surface area contributed by atoms with Crippen LogP contribution in [0.1, 0.15) is 32.1 Å². The van der Waals surface area contributed by atoms with Crippen LogP contribution in [0, 0.1) is 0 Å². The molecular weight excluding hydrogens is 188 g/mol. The zero-order valence-electron chi connectivity index (χ0n) is 10.0. The SMILES string of the molecule is C[N+]1(C)CCCC[C@@H]1CN1CCCC1=O. The number of rotatable bonds is 2. The molecule has 2 fully saturated rings. The second-order valence-electron chi connectivity index (χ2n) is 5.60. The number of nitrogens with zero attached hydrogens (tertiary/aromatic N) is 2. The van der Waals surface area contributed by atoms with Crippen LogP contribution < -0.4 is 0 Å². The maximum Gasteiger partial charge on any atom is 0.222 e. The van der Waals surface area contributed by atoms with E-state index in [9.17, 15) is 4.79 Å². The van der Waals surface area contributed by atoms with Crippen LogP contribution in [0.15, 0.2) is 0 Å². The number of carbonyl (C=O) groups is 1. The zero-order valence-corrected chi connectivity index (χ0v) is 10.0. The quantitative estimate of drug-likeness (QED) is 0.629. The number of piperidine rings is 1. The standard InChI is InChI=1S/C12H23N2O/c1-14(2)9-4-3-6-11(14)10-13-8-5-7-12(13)15/h11H,3-10H2,1-2H3/q+1/t11-/m1/s1. The summed E-state index contributed by atoms with van der Waals surface area (Å²) in [6.45, 7) is 3.26. The number of hydrogen-bond donors (Lipinski definition) is 0. The highest BCUT2D eigenvalue weighted by molar-refractivity contribution is 5.78. The van der Waals surface area contributed by atoms with Crippen molar-refractivity contribution in [1.82, 2.24) is 4.90 Å². The van der Waals surface area contributed by atoms with E-state index in [2.05, 4.69) is 19.0 Å². The number of quaternary nitrogens is 1. The number of carbonyl (C=O) groups excluding carboxylic acids is 1.